The van der Waals surface area contributed by atoms with Gasteiger partial charge in [0.25, 0.3) is 0 Å². The summed E-state index contributed by atoms with van der Waals surface area (Å²) in [6.45, 7) is 9.46. The Morgan fingerprint density at radius 1 is 0.382 bits per heavy atom. The molecule has 0 aromatic rings. The predicted octanol–water partition coefficient (Wildman–Crippen LogP) is 10.8. The molecule has 1 rings (SSSR count). The molecule has 1 unspecified atom stereocenters. The van der Waals surface area contributed by atoms with E-state index < -0.39 is 0 Å². The van der Waals surface area contributed by atoms with Gasteiger partial charge in [-0.3, -0.25) is 0 Å². The number of hydrogen-bond donors (Lipinski definition) is 0. The monoisotopic (exact) mass is 477 g/mol. The van der Waals surface area contributed by atoms with Gasteiger partial charge in [0, 0.05) is 25.5 Å². The van der Waals surface area contributed by atoms with Gasteiger partial charge in [0.05, 0.1) is 0 Å². The van der Waals surface area contributed by atoms with Gasteiger partial charge < -0.3 is 9.80 Å². The molecule has 0 N–H and O–H groups in total. The molecule has 0 bridgehead atoms. The molecule has 0 aromatic carbocycles. The first kappa shape index (κ1) is 31.4. The van der Waals surface area contributed by atoms with Crippen molar-refractivity contribution in [2.45, 2.75) is 181 Å². The van der Waals surface area contributed by atoms with E-state index in [4.69, 9.17) is 0 Å². The average molecular weight is 477 g/mol. The molecule has 0 aliphatic carbocycles. The van der Waals surface area contributed by atoms with E-state index >= 15 is 0 Å². The summed E-state index contributed by atoms with van der Waals surface area (Å²) in [7, 11) is 0. The Labute approximate surface area is 216 Å². The van der Waals surface area contributed by atoms with Crippen molar-refractivity contribution in [3.63, 3.8) is 0 Å². The largest absolute Gasteiger partial charge is 0.356 e. The van der Waals surface area contributed by atoms with Crippen LogP contribution in [0.3, 0.4) is 0 Å². The zero-order chi connectivity index (χ0) is 24.5. The summed E-state index contributed by atoms with van der Waals surface area (Å²) < 4.78 is 0. The van der Waals surface area contributed by atoms with Gasteiger partial charge in [-0.05, 0) is 25.7 Å². The smallest absolute Gasteiger partial charge is 0.101 e. The Balaban J connectivity index is 2.17. The molecule has 0 aromatic heterocycles. The van der Waals surface area contributed by atoms with Gasteiger partial charge in [-0.25, -0.2) is 0 Å². The quantitative estimate of drug-likeness (QED) is 0.114. The van der Waals surface area contributed by atoms with E-state index in [2.05, 4.69) is 43.0 Å². The molecule has 0 radical (unpaired) electrons. The fraction of sp³-hybridized carbons (Fsp3) is 0.938. The summed E-state index contributed by atoms with van der Waals surface area (Å²) in [5.74, 6) is 0. The average Bonchev–Trinajstić information content (AvgIpc) is 3.23. The maximum absolute atomic E-state index is 2.69. The van der Waals surface area contributed by atoms with Gasteiger partial charge in [-0.2, -0.15) is 0 Å². The Kier molecular flexibility index (Phi) is 22.2. The third kappa shape index (κ3) is 16.9. The van der Waals surface area contributed by atoms with E-state index in [1.54, 1.807) is 0 Å². The second-order valence-corrected chi connectivity index (χ2v) is 11.1. The number of hydrogen-bond acceptors (Lipinski definition) is 2. The molecule has 0 saturated carbocycles. The summed E-state index contributed by atoms with van der Waals surface area (Å²) in [4.78, 5) is 5.36. The van der Waals surface area contributed by atoms with Crippen LogP contribution in [0.15, 0.2) is 12.4 Å². The summed E-state index contributed by atoms with van der Waals surface area (Å²) in [6.07, 6.45) is 39.5. The summed E-state index contributed by atoms with van der Waals surface area (Å²) in [6, 6.07) is 0. The van der Waals surface area contributed by atoms with Gasteiger partial charge in [0.15, 0.2) is 0 Å². The van der Waals surface area contributed by atoms with Gasteiger partial charge in [-0.15, -0.1) is 0 Å². The molecule has 2 nitrogen and oxygen atoms in total. The lowest BCUT2D eigenvalue weighted by molar-refractivity contribution is 0.135. The van der Waals surface area contributed by atoms with Crippen LogP contribution >= 0.6 is 0 Å². The van der Waals surface area contributed by atoms with E-state index in [1.165, 1.54) is 167 Å². The first-order valence-electron chi connectivity index (χ1n) is 16.0. The minimum absolute atomic E-state index is 0.643. The Bertz CT molecular complexity index is 433. The van der Waals surface area contributed by atoms with Crippen LogP contribution < -0.4 is 0 Å². The highest BCUT2D eigenvalue weighted by Crippen LogP contribution is 2.24. The molecule has 0 amide bonds. The minimum atomic E-state index is 0.643. The maximum Gasteiger partial charge on any atom is 0.101 e. The number of nitrogens with zero attached hydrogens (tertiary/aromatic N) is 2. The highest BCUT2D eigenvalue weighted by molar-refractivity contribution is 4.97. The minimum Gasteiger partial charge on any atom is -0.356 e. The van der Waals surface area contributed by atoms with E-state index in [1.807, 2.05) is 0 Å². The highest BCUT2D eigenvalue weighted by atomic mass is 15.4. The Hall–Kier alpha value is -0.660. The number of unbranched alkanes of at least 4 members (excludes halogenated alkanes) is 20. The Morgan fingerprint density at radius 3 is 1.06 bits per heavy atom. The summed E-state index contributed by atoms with van der Waals surface area (Å²) in [5, 5.41) is 0. The van der Waals surface area contributed by atoms with Crippen molar-refractivity contribution in [3.05, 3.63) is 12.4 Å². The first-order valence-corrected chi connectivity index (χ1v) is 16.0. The van der Waals surface area contributed by atoms with Gasteiger partial charge in [0.1, 0.15) is 6.17 Å². The van der Waals surface area contributed by atoms with Crippen molar-refractivity contribution < 1.29 is 0 Å². The first-order chi connectivity index (χ1) is 16.8. The van der Waals surface area contributed by atoms with E-state index in [0.29, 0.717) is 6.17 Å². The number of rotatable bonds is 26. The molecule has 0 fully saturated rings. The van der Waals surface area contributed by atoms with Crippen LogP contribution in [0.25, 0.3) is 0 Å². The van der Waals surface area contributed by atoms with E-state index in [-0.39, 0.29) is 0 Å². The van der Waals surface area contributed by atoms with Crippen LogP contribution in [0.2, 0.25) is 0 Å². The predicted molar refractivity (Wildman–Crippen MR) is 154 cm³/mol. The van der Waals surface area contributed by atoms with E-state index in [0.717, 1.165) is 0 Å². The fourth-order valence-electron chi connectivity index (χ4n) is 5.48. The van der Waals surface area contributed by atoms with Crippen LogP contribution in [0.5, 0.6) is 0 Å². The zero-order valence-electron chi connectivity index (χ0n) is 24.0. The molecule has 202 valence electrons. The molecule has 0 saturated heterocycles. The standard InChI is InChI=1S/C32H64N2/c1-4-7-10-13-15-16-17-18-19-21-23-26-29-34-31-30-33(28-25-12-9-6-3)32(34)27-24-22-20-14-11-8-5-2/h30-32H,4-29H2,1-3H3. The maximum atomic E-state index is 2.69. The van der Waals surface area contributed by atoms with E-state index in [9.17, 15) is 0 Å². The van der Waals surface area contributed by atoms with Crippen molar-refractivity contribution in [2.24, 2.45) is 0 Å². The van der Waals surface area contributed by atoms with Crippen molar-refractivity contribution in [1.82, 2.24) is 9.80 Å². The van der Waals surface area contributed by atoms with Gasteiger partial charge in [-0.1, -0.05) is 149 Å². The highest BCUT2D eigenvalue weighted by Gasteiger charge is 2.24. The molecule has 2 heteroatoms. The lowest BCUT2D eigenvalue weighted by atomic mass is 10.0. The van der Waals surface area contributed by atoms with Crippen LogP contribution in [0, 0.1) is 0 Å². The van der Waals surface area contributed by atoms with Crippen molar-refractivity contribution in [2.75, 3.05) is 13.1 Å². The van der Waals surface area contributed by atoms with Crippen LogP contribution in [0.1, 0.15) is 175 Å². The zero-order valence-corrected chi connectivity index (χ0v) is 24.0. The fourth-order valence-corrected chi connectivity index (χ4v) is 5.48. The normalized spacial score (nSPS) is 15.7. The summed E-state index contributed by atoms with van der Waals surface area (Å²) >= 11 is 0. The second kappa shape index (κ2) is 24.1. The van der Waals surface area contributed by atoms with Crippen molar-refractivity contribution >= 4 is 0 Å². The summed E-state index contributed by atoms with van der Waals surface area (Å²) in [5.41, 5.74) is 0. The molecule has 1 heterocycles. The van der Waals surface area contributed by atoms with Gasteiger partial charge >= 0.3 is 0 Å². The van der Waals surface area contributed by atoms with Crippen LogP contribution in [-0.2, 0) is 0 Å². The third-order valence-corrected chi connectivity index (χ3v) is 7.82. The van der Waals surface area contributed by atoms with Crippen molar-refractivity contribution in [3.8, 4) is 0 Å². The van der Waals surface area contributed by atoms with Crippen LogP contribution in [-0.4, -0.2) is 29.1 Å². The molecule has 1 aliphatic rings. The molecule has 1 atom stereocenters. The van der Waals surface area contributed by atoms with Crippen molar-refractivity contribution in [1.29, 1.82) is 0 Å². The molecule has 34 heavy (non-hydrogen) atoms. The molecule has 0 spiro atoms. The lowest BCUT2D eigenvalue weighted by Crippen LogP contribution is -2.39. The Morgan fingerprint density at radius 2 is 0.676 bits per heavy atom. The molecular weight excluding hydrogens is 412 g/mol. The topological polar surface area (TPSA) is 6.48 Å². The molecular formula is C32H64N2. The molecule has 1 aliphatic heterocycles. The SMILES string of the molecule is CCCCCCCCCCCCCCN1C=CN(CCCCCC)C1CCCCCCCCC. The van der Waals surface area contributed by atoms with Crippen LogP contribution in [0.4, 0.5) is 0 Å². The third-order valence-electron chi connectivity index (χ3n) is 7.82. The second-order valence-electron chi connectivity index (χ2n) is 11.1. The lowest BCUT2D eigenvalue weighted by Gasteiger charge is -2.33. The van der Waals surface area contributed by atoms with Gasteiger partial charge in [0.2, 0.25) is 0 Å².